The smallest absolute Gasteiger partial charge is 0.170 e. The van der Waals surface area contributed by atoms with Gasteiger partial charge in [-0.15, -0.1) is 0 Å². The molecule has 0 amide bonds. The van der Waals surface area contributed by atoms with Crippen LogP contribution in [0.15, 0.2) is 12.1 Å². The Balaban J connectivity index is 3.26. The summed E-state index contributed by atoms with van der Waals surface area (Å²) in [6.45, 7) is 4.00. The van der Waals surface area contributed by atoms with Crippen molar-refractivity contribution in [2.24, 2.45) is 5.92 Å². The number of rotatable bonds is 6. The lowest BCUT2D eigenvalue weighted by molar-refractivity contribution is 0.0961. The van der Waals surface area contributed by atoms with E-state index in [4.69, 9.17) is 14.2 Å². The van der Waals surface area contributed by atoms with Crippen molar-refractivity contribution in [3.05, 3.63) is 17.7 Å². The molecule has 0 atom stereocenters. The van der Waals surface area contributed by atoms with E-state index in [9.17, 15) is 4.79 Å². The summed E-state index contributed by atoms with van der Waals surface area (Å²) in [7, 11) is 4.62. The van der Waals surface area contributed by atoms with Gasteiger partial charge in [-0.2, -0.15) is 0 Å². The number of hydrogen-bond donors (Lipinski definition) is 0. The van der Waals surface area contributed by atoms with Gasteiger partial charge in [-0.3, -0.25) is 4.79 Å². The molecule has 18 heavy (non-hydrogen) atoms. The number of benzene rings is 1. The first-order valence-electron chi connectivity index (χ1n) is 5.86. The molecule has 0 unspecified atom stereocenters. The van der Waals surface area contributed by atoms with Crippen LogP contribution in [-0.2, 0) is 0 Å². The summed E-state index contributed by atoms with van der Waals surface area (Å²) >= 11 is 0. The van der Waals surface area contributed by atoms with Crippen molar-refractivity contribution in [1.82, 2.24) is 0 Å². The van der Waals surface area contributed by atoms with Gasteiger partial charge in [-0.1, -0.05) is 13.8 Å². The summed E-state index contributed by atoms with van der Waals surface area (Å²) in [6.07, 6.45) is 0.457. The Hall–Kier alpha value is -1.71. The van der Waals surface area contributed by atoms with Crippen LogP contribution >= 0.6 is 0 Å². The van der Waals surface area contributed by atoms with Crippen LogP contribution in [0, 0.1) is 5.92 Å². The van der Waals surface area contributed by atoms with Crippen molar-refractivity contribution in [1.29, 1.82) is 0 Å². The van der Waals surface area contributed by atoms with Gasteiger partial charge in [-0.05, 0) is 5.92 Å². The van der Waals surface area contributed by atoms with Crippen LogP contribution in [0.25, 0.3) is 0 Å². The number of ether oxygens (including phenoxy) is 3. The fraction of sp³-hybridized carbons (Fsp3) is 0.500. The molecular formula is C14H20O4. The molecule has 0 aliphatic heterocycles. The predicted octanol–water partition coefficient (Wildman–Crippen LogP) is 2.94. The van der Waals surface area contributed by atoms with E-state index in [-0.39, 0.29) is 11.7 Å². The largest absolute Gasteiger partial charge is 0.496 e. The van der Waals surface area contributed by atoms with Crippen molar-refractivity contribution in [2.75, 3.05) is 21.3 Å². The van der Waals surface area contributed by atoms with Crippen molar-refractivity contribution in [2.45, 2.75) is 20.3 Å². The molecule has 100 valence electrons. The fourth-order valence-electron chi connectivity index (χ4n) is 1.75. The van der Waals surface area contributed by atoms with Crippen molar-refractivity contribution >= 4 is 5.78 Å². The van der Waals surface area contributed by atoms with Crippen LogP contribution in [0.2, 0.25) is 0 Å². The molecule has 1 rings (SSSR count). The third kappa shape index (κ3) is 3.15. The SMILES string of the molecule is COc1cc(OC)c(C(=O)CC(C)C)c(OC)c1. The van der Waals surface area contributed by atoms with Crippen molar-refractivity contribution in [3.8, 4) is 17.2 Å². The van der Waals surface area contributed by atoms with E-state index in [1.807, 2.05) is 13.8 Å². The minimum atomic E-state index is 0.0151. The Morgan fingerprint density at radius 1 is 1.06 bits per heavy atom. The van der Waals surface area contributed by atoms with Gasteiger partial charge in [0.25, 0.3) is 0 Å². The van der Waals surface area contributed by atoms with Gasteiger partial charge in [0.15, 0.2) is 5.78 Å². The standard InChI is InChI=1S/C14H20O4/c1-9(2)6-11(15)14-12(17-4)7-10(16-3)8-13(14)18-5/h7-9H,6H2,1-5H3. The van der Waals surface area contributed by atoms with E-state index in [1.54, 1.807) is 19.2 Å². The lowest BCUT2D eigenvalue weighted by Gasteiger charge is -2.14. The molecule has 1 aromatic carbocycles. The second-order valence-electron chi connectivity index (χ2n) is 4.43. The number of carbonyl (C=O) groups excluding carboxylic acids is 1. The molecule has 0 aromatic heterocycles. The molecule has 4 nitrogen and oxygen atoms in total. The van der Waals surface area contributed by atoms with E-state index >= 15 is 0 Å². The maximum absolute atomic E-state index is 12.2. The molecule has 0 saturated carbocycles. The quantitative estimate of drug-likeness (QED) is 0.730. The molecular weight excluding hydrogens is 232 g/mol. The zero-order valence-electron chi connectivity index (χ0n) is 11.6. The highest BCUT2D eigenvalue weighted by Crippen LogP contribution is 2.35. The molecule has 0 radical (unpaired) electrons. The first kappa shape index (κ1) is 14.4. The van der Waals surface area contributed by atoms with Gasteiger partial charge < -0.3 is 14.2 Å². The van der Waals surface area contributed by atoms with Crippen LogP contribution in [0.4, 0.5) is 0 Å². The summed E-state index contributed by atoms with van der Waals surface area (Å²) in [6, 6.07) is 3.38. The van der Waals surface area contributed by atoms with E-state index in [1.165, 1.54) is 14.2 Å². The lowest BCUT2D eigenvalue weighted by Crippen LogP contribution is -2.08. The molecule has 4 heteroatoms. The van der Waals surface area contributed by atoms with Crippen LogP contribution in [0.3, 0.4) is 0 Å². The first-order valence-corrected chi connectivity index (χ1v) is 5.86. The third-order valence-corrected chi connectivity index (χ3v) is 2.59. The maximum atomic E-state index is 12.2. The minimum Gasteiger partial charge on any atom is -0.496 e. The highest BCUT2D eigenvalue weighted by Gasteiger charge is 2.20. The monoisotopic (exact) mass is 252 g/mol. The maximum Gasteiger partial charge on any atom is 0.170 e. The summed E-state index contributed by atoms with van der Waals surface area (Å²) in [5, 5.41) is 0. The number of carbonyl (C=O) groups is 1. The minimum absolute atomic E-state index is 0.0151. The van der Waals surface area contributed by atoms with Gasteiger partial charge in [-0.25, -0.2) is 0 Å². The second kappa shape index (κ2) is 6.28. The Morgan fingerprint density at radius 3 is 1.89 bits per heavy atom. The zero-order chi connectivity index (χ0) is 13.7. The number of ketones is 1. The summed E-state index contributed by atoms with van der Waals surface area (Å²) < 4.78 is 15.6. The van der Waals surface area contributed by atoms with E-state index in [0.29, 0.717) is 29.2 Å². The van der Waals surface area contributed by atoms with E-state index in [0.717, 1.165) is 0 Å². The van der Waals surface area contributed by atoms with Crippen LogP contribution < -0.4 is 14.2 Å². The highest BCUT2D eigenvalue weighted by molar-refractivity contribution is 6.01. The van der Waals surface area contributed by atoms with E-state index in [2.05, 4.69) is 0 Å². The molecule has 1 aromatic rings. The van der Waals surface area contributed by atoms with Crippen molar-refractivity contribution in [3.63, 3.8) is 0 Å². The molecule has 0 aliphatic carbocycles. The molecule has 0 heterocycles. The van der Waals surface area contributed by atoms with E-state index < -0.39 is 0 Å². The Kier molecular flexibility index (Phi) is 5.01. The predicted molar refractivity (Wildman–Crippen MR) is 69.9 cm³/mol. The summed E-state index contributed by atoms with van der Waals surface area (Å²) in [5.41, 5.74) is 0.481. The van der Waals surface area contributed by atoms with Crippen LogP contribution in [-0.4, -0.2) is 27.1 Å². The molecule has 0 N–H and O–H groups in total. The lowest BCUT2D eigenvalue weighted by atomic mass is 9.99. The first-order chi connectivity index (χ1) is 8.53. The summed E-state index contributed by atoms with van der Waals surface area (Å²) in [5.74, 6) is 1.87. The van der Waals surface area contributed by atoms with Gasteiger partial charge in [0.05, 0.1) is 21.3 Å². The Morgan fingerprint density at radius 2 is 1.56 bits per heavy atom. The van der Waals surface area contributed by atoms with Gasteiger partial charge in [0.1, 0.15) is 22.8 Å². The topological polar surface area (TPSA) is 44.8 Å². The van der Waals surface area contributed by atoms with Crippen LogP contribution in [0.5, 0.6) is 17.2 Å². The number of Topliss-reactive ketones (excluding diaryl/α,β-unsaturated/α-hetero) is 1. The van der Waals surface area contributed by atoms with Crippen LogP contribution in [0.1, 0.15) is 30.6 Å². The van der Waals surface area contributed by atoms with Crippen molar-refractivity contribution < 1.29 is 19.0 Å². The highest BCUT2D eigenvalue weighted by atomic mass is 16.5. The third-order valence-electron chi connectivity index (χ3n) is 2.59. The zero-order valence-corrected chi connectivity index (χ0v) is 11.6. The van der Waals surface area contributed by atoms with Gasteiger partial charge in [0, 0.05) is 18.6 Å². The average Bonchev–Trinajstić information content (AvgIpc) is 2.35. The Bertz CT molecular complexity index is 399. The Labute approximate surface area is 108 Å². The molecule has 0 bridgehead atoms. The van der Waals surface area contributed by atoms with Gasteiger partial charge >= 0.3 is 0 Å². The second-order valence-corrected chi connectivity index (χ2v) is 4.43. The number of methoxy groups -OCH3 is 3. The molecule has 0 saturated heterocycles. The summed E-state index contributed by atoms with van der Waals surface area (Å²) in [4.78, 5) is 12.2. The molecule has 0 fully saturated rings. The number of hydrogen-bond acceptors (Lipinski definition) is 4. The van der Waals surface area contributed by atoms with Gasteiger partial charge in [0.2, 0.25) is 0 Å². The molecule has 0 aliphatic rings. The average molecular weight is 252 g/mol. The molecule has 0 spiro atoms. The fourth-order valence-corrected chi connectivity index (χ4v) is 1.75. The normalized spacial score (nSPS) is 10.3.